The van der Waals surface area contributed by atoms with Crippen molar-refractivity contribution < 1.29 is 9.47 Å². The van der Waals surface area contributed by atoms with Gasteiger partial charge in [0.25, 0.3) is 0 Å². The smallest absolute Gasteiger partial charge is 0.170 e. The fraction of sp³-hybridized carbons (Fsp3) is 0.316. The predicted molar refractivity (Wildman–Crippen MR) is 103 cm³/mol. The van der Waals surface area contributed by atoms with Crippen molar-refractivity contribution in [3.8, 4) is 11.5 Å². The number of nitrogens with one attached hydrogen (secondary N) is 2. The van der Waals surface area contributed by atoms with Gasteiger partial charge in [0.2, 0.25) is 0 Å². The lowest BCUT2D eigenvalue weighted by atomic mass is 10.1. The highest BCUT2D eigenvalue weighted by molar-refractivity contribution is 7.80. The van der Waals surface area contributed by atoms with Crippen LogP contribution < -0.4 is 20.1 Å². The molecular weight excluding hydrogens is 320 g/mol. The monoisotopic (exact) mass is 344 g/mol. The first-order valence-corrected chi connectivity index (χ1v) is 8.35. The average molecular weight is 344 g/mol. The number of methoxy groups -OCH3 is 2. The molecule has 2 rings (SSSR count). The molecule has 0 bridgehead atoms. The van der Waals surface area contributed by atoms with Crippen molar-refractivity contribution in [2.45, 2.75) is 19.8 Å². The summed E-state index contributed by atoms with van der Waals surface area (Å²) in [6, 6.07) is 14.2. The molecular formula is C19H24N2O2S. The third kappa shape index (κ3) is 5.42. The summed E-state index contributed by atoms with van der Waals surface area (Å²) in [5.74, 6) is 1.52. The lowest BCUT2D eigenvalue weighted by molar-refractivity contribution is 0.354. The van der Waals surface area contributed by atoms with E-state index in [4.69, 9.17) is 21.7 Å². The Labute approximate surface area is 149 Å². The molecule has 0 saturated heterocycles. The molecule has 0 aromatic heterocycles. The van der Waals surface area contributed by atoms with Gasteiger partial charge in [-0.25, -0.2) is 0 Å². The Morgan fingerprint density at radius 2 is 1.71 bits per heavy atom. The molecule has 0 amide bonds. The van der Waals surface area contributed by atoms with Gasteiger partial charge < -0.3 is 20.1 Å². The third-order valence-electron chi connectivity index (χ3n) is 3.69. The molecule has 128 valence electrons. The number of benzene rings is 2. The van der Waals surface area contributed by atoms with Gasteiger partial charge in [-0.05, 0) is 61.8 Å². The van der Waals surface area contributed by atoms with Crippen molar-refractivity contribution in [1.82, 2.24) is 5.32 Å². The average Bonchev–Trinajstić information content (AvgIpc) is 2.60. The van der Waals surface area contributed by atoms with Gasteiger partial charge in [0.15, 0.2) is 16.6 Å². The van der Waals surface area contributed by atoms with Crippen LogP contribution in [0.5, 0.6) is 11.5 Å². The van der Waals surface area contributed by atoms with E-state index in [1.54, 1.807) is 14.2 Å². The van der Waals surface area contributed by atoms with Crippen molar-refractivity contribution in [1.29, 1.82) is 0 Å². The minimum atomic E-state index is 0.645. The van der Waals surface area contributed by atoms with Gasteiger partial charge in [-0.2, -0.15) is 0 Å². The van der Waals surface area contributed by atoms with Gasteiger partial charge in [0.1, 0.15) is 0 Å². The normalized spacial score (nSPS) is 10.1. The lowest BCUT2D eigenvalue weighted by Gasteiger charge is -2.12. The van der Waals surface area contributed by atoms with Crippen molar-refractivity contribution in [2.75, 3.05) is 26.1 Å². The molecule has 4 nitrogen and oxygen atoms in total. The van der Waals surface area contributed by atoms with E-state index in [-0.39, 0.29) is 0 Å². The molecule has 0 aliphatic heterocycles. The molecule has 5 heteroatoms. The summed E-state index contributed by atoms with van der Waals surface area (Å²) >= 11 is 5.31. The van der Waals surface area contributed by atoms with Gasteiger partial charge in [-0.15, -0.1) is 0 Å². The number of anilines is 1. The summed E-state index contributed by atoms with van der Waals surface area (Å²) in [6.45, 7) is 2.88. The SMILES string of the molecule is COc1ccc(CCCNC(=S)Nc2ccc(C)cc2)cc1OC. The molecule has 2 aromatic carbocycles. The fourth-order valence-electron chi connectivity index (χ4n) is 2.34. The van der Waals surface area contributed by atoms with E-state index in [1.807, 2.05) is 24.3 Å². The molecule has 0 fully saturated rings. The minimum absolute atomic E-state index is 0.645. The molecule has 2 N–H and O–H groups in total. The van der Waals surface area contributed by atoms with Crippen LogP contribution in [0, 0.1) is 6.92 Å². The minimum Gasteiger partial charge on any atom is -0.493 e. The molecule has 0 aliphatic rings. The Morgan fingerprint density at radius 3 is 2.38 bits per heavy atom. The van der Waals surface area contributed by atoms with E-state index in [9.17, 15) is 0 Å². The number of aryl methyl sites for hydroxylation is 2. The third-order valence-corrected chi connectivity index (χ3v) is 3.93. The first-order valence-electron chi connectivity index (χ1n) is 7.95. The summed E-state index contributed by atoms with van der Waals surface area (Å²) in [5, 5.41) is 7.06. The summed E-state index contributed by atoms with van der Waals surface area (Å²) in [6.07, 6.45) is 1.92. The van der Waals surface area contributed by atoms with Gasteiger partial charge in [-0.1, -0.05) is 23.8 Å². The Hall–Kier alpha value is -2.27. The van der Waals surface area contributed by atoms with Gasteiger partial charge >= 0.3 is 0 Å². The van der Waals surface area contributed by atoms with Crippen LogP contribution in [0.25, 0.3) is 0 Å². The quantitative estimate of drug-likeness (QED) is 0.588. The maximum atomic E-state index is 5.32. The Kier molecular flexibility index (Phi) is 6.88. The van der Waals surface area contributed by atoms with E-state index >= 15 is 0 Å². The molecule has 0 unspecified atom stereocenters. The molecule has 0 atom stereocenters. The zero-order valence-corrected chi connectivity index (χ0v) is 15.2. The van der Waals surface area contributed by atoms with E-state index in [0.717, 1.165) is 36.6 Å². The second kappa shape index (κ2) is 9.13. The summed E-state index contributed by atoms with van der Waals surface area (Å²) in [5.41, 5.74) is 3.44. The van der Waals surface area contributed by atoms with Crippen LogP contribution in [-0.4, -0.2) is 25.9 Å². The zero-order valence-electron chi connectivity index (χ0n) is 14.4. The molecule has 0 aliphatic carbocycles. The van der Waals surface area contributed by atoms with E-state index in [2.05, 4.69) is 35.8 Å². The van der Waals surface area contributed by atoms with Crippen LogP contribution in [0.15, 0.2) is 42.5 Å². The van der Waals surface area contributed by atoms with Crippen LogP contribution in [0.4, 0.5) is 5.69 Å². The highest BCUT2D eigenvalue weighted by Crippen LogP contribution is 2.27. The van der Waals surface area contributed by atoms with E-state index in [1.165, 1.54) is 11.1 Å². The second-order valence-electron chi connectivity index (χ2n) is 5.54. The number of thiocarbonyl (C=S) groups is 1. The van der Waals surface area contributed by atoms with Crippen LogP contribution in [0.1, 0.15) is 17.5 Å². The van der Waals surface area contributed by atoms with Crippen LogP contribution >= 0.6 is 12.2 Å². The largest absolute Gasteiger partial charge is 0.493 e. The first kappa shape index (κ1) is 18.1. The summed E-state index contributed by atoms with van der Waals surface area (Å²) in [4.78, 5) is 0. The first-order chi connectivity index (χ1) is 11.6. The Balaban J connectivity index is 1.74. The van der Waals surface area contributed by atoms with Crippen molar-refractivity contribution in [2.24, 2.45) is 0 Å². The number of rotatable bonds is 7. The van der Waals surface area contributed by atoms with Crippen LogP contribution in [0.3, 0.4) is 0 Å². The number of hydrogen-bond acceptors (Lipinski definition) is 3. The molecule has 2 aromatic rings. The topological polar surface area (TPSA) is 42.5 Å². The Bertz CT molecular complexity index is 672. The van der Waals surface area contributed by atoms with Crippen LogP contribution in [0.2, 0.25) is 0 Å². The van der Waals surface area contributed by atoms with Crippen molar-refractivity contribution >= 4 is 23.0 Å². The van der Waals surface area contributed by atoms with E-state index in [0.29, 0.717) is 5.11 Å². The lowest BCUT2D eigenvalue weighted by Crippen LogP contribution is -2.29. The van der Waals surface area contributed by atoms with Gasteiger partial charge in [-0.3, -0.25) is 0 Å². The highest BCUT2D eigenvalue weighted by Gasteiger charge is 2.04. The number of ether oxygens (including phenoxy) is 2. The second-order valence-corrected chi connectivity index (χ2v) is 5.95. The molecule has 0 radical (unpaired) electrons. The predicted octanol–water partition coefficient (Wildman–Crippen LogP) is 3.93. The molecule has 24 heavy (non-hydrogen) atoms. The standard InChI is InChI=1S/C19H24N2O2S/c1-14-6-9-16(10-7-14)21-19(24)20-12-4-5-15-8-11-17(22-2)18(13-15)23-3/h6-11,13H,4-5,12H2,1-3H3,(H2,20,21,24). The maximum Gasteiger partial charge on any atom is 0.170 e. The molecule has 0 saturated carbocycles. The zero-order chi connectivity index (χ0) is 17.4. The fourth-order valence-corrected chi connectivity index (χ4v) is 2.56. The van der Waals surface area contributed by atoms with Gasteiger partial charge in [0, 0.05) is 12.2 Å². The molecule has 0 spiro atoms. The van der Waals surface area contributed by atoms with E-state index < -0.39 is 0 Å². The number of hydrogen-bond donors (Lipinski definition) is 2. The van der Waals surface area contributed by atoms with Crippen molar-refractivity contribution in [3.63, 3.8) is 0 Å². The highest BCUT2D eigenvalue weighted by atomic mass is 32.1. The summed E-state index contributed by atoms with van der Waals surface area (Å²) in [7, 11) is 3.29. The molecule has 0 heterocycles. The van der Waals surface area contributed by atoms with Crippen molar-refractivity contribution in [3.05, 3.63) is 53.6 Å². The van der Waals surface area contributed by atoms with Gasteiger partial charge in [0.05, 0.1) is 14.2 Å². The van der Waals surface area contributed by atoms with Crippen LogP contribution in [-0.2, 0) is 6.42 Å². The summed E-state index contributed by atoms with van der Waals surface area (Å²) < 4.78 is 10.6. The Morgan fingerprint density at radius 1 is 1.00 bits per heavy atom. The maximum absolute atomic E-state index is 5.32.